The normalized spacial score (nSPS) is 9.56. The Morgan fingerprint density at radius 1 is 1.33 bits per heavy atom. The van der Waals surface area contributed by atoms with Crippen molar-refractivity contribution in [1.82, 2.24) is 0 Å². The van der Waals surface area contributed by atoms with E-state index in [1.807, 2.05) is 39.4 Å². The molecule has 0 rings (SSSR count). The Morgan fingerprint density at radius 2 is 1.78 bits per heavy atom. The topological polar surface area (TPSA) is 12.2 Å². The maximum atomic E-state index is 5.35. The Labute approximate surface area is 57.1 Å². The molecule has 0 aliphatic rings. The van der Waals surface area contributed by atoms with Crippen molar-refractivity contribution in [3.63, 3.8) is 0 Å². The molecule has 0 N–H and O–H groups in total. The van der Waals surface area contributed by atoms with Crippen LogP contribution in [0.4, 0.5) is 0 Å². The van der Waals surface area contributed by atoms with E-state index in [4.69, 9.17) is 4.74 Å². The zero-order valence-electron chi connectivity index (χ0n) is 6.93. The smallest absolute Gasteiger partial charge is 0.332 e. The quantitative estimate of drug-likeness (QED) is 0.294. The predicted molar refractivity (Wildman–Crippen MR) is 39.0 cm³/mol. The van der Waals surface area contributed by atoms with E-state index in [-0.39, 0.29) is 6.10 Å². The van der Waals surface area contributed by atoms with Gasteiger partial charge >= 0.3 is 5.90 Å². The van der Waals surface area contributed by atoms with Crippen LogP contribution < -0.4 is 0 Å². The molecule has 9 heavy (non-hydrogen) atoms. The molecule has 0 spiro atoms. The summed E-state index contributed by atoms with van der Waals surface area (Å²) >= 11 is 0. The lowest BCUT2D eigenvalue weighted by Crippen LogP contribution is -2.17. The zero-order chi connectivity index (χ0) is 7.44. The molecule has 0 atom stereocenters. The largest absolute Gasteiger partial charge is 0.446 e. The first-order valence-electron chi connectivity index (χ1n) is 3.21. The van der Waals surface area contributed by atoms with Crippen LogP contribution in [-0.4, -0.2) is 30.7 Å². The Kier molecular flexibility index (Phi) is 3.28. The lowest BCUT2D eigenvalue weighted by molar-refractivity contribution is -0.475. The number of hydrogen-bond donors (Lipinski definition) is 0. The first kappa shape index (κ1) is 8.47. The molecule has 0 fully saturated rings. The molecule has 0 aromatic heterocycles. The fourth-order valence-electron chi connectivity index (χ4n) is 0.447. The number of rotatable bonds is 1. The molecule has 54 valence electrons. The molecule has 0 aliphatic carbocycles. The molecule has 0 unspecified atom stereocenters. The molecule has 0 heterocycles. The summed E-state index contributed by atoms with van der Waals surface area (Å²) in [6.45, 7) is 6.00. The zero-order valence-corrected chi connectivity index (χ0v) is 6.93. The Bertz CT molecular complexity index is 112. The second-order valence-corrected chi connectivity index (χ2v) is 2.58. The monoisotopic (exact) mass is 130 g/mol. The first-order chi connectivity index (χ1) is 4.04. The van der Waals surface area contributed by atoms with Crippen LogP contribution in [-0.2, 0) is 4.74 Å². The molecule has 0 amide bonds. The molecule has 0 aromatic carbocycles. The third-order valence-electron chi connectivity index (χ3n) is 1.04. The van der Waals surface area contributed by atoms with Gasteiger partial charge in [0.05, 0.1) is 13.0 Å². The van der Waals surface area contributed by atoms with Crippen molar-refractivity contribution in [2.75, 3.05) is 14.1 Å². The molecule has 0 aromatic rings. The lowest BCUT2D eigenvalue weighted by Gasteiger charge is -2.05. The van der Waals surface area contributed by atoms with Crippen molar-refractivity contribution in [2.24, 2.45) is 0 Å². The molecular formula is C7H16NO+. The highest BCUT2D eigenvalue weighted by Crippen LogP contribution is 1.88. The van der Waals surface area contributed by atoms with Gasteiger partial charge in [-0.2, -0.15) is 0 Å². The molecule has 0 radical (unpaired) electrons. The van der Waals surface area contributed by atoms with Crippen LogP contribution in [0.15, 0.2) is 0 Å². The van der Waals surface area contributed by atoms with Crippen molar-refractivity contribution in [3.8, 4) is 0 Å². The summed E-state index contributed by atoms with van der Waals surface area (Å²) in [6, 6.07) is 0. The third kappa shape index (κ3) is 4.01. The fourth-order valence-corrected chi connectivity index (χ4v) is 0.447. The van der Waals surface area contributed by atoms with Gasteiger partial charge in [0.15, 0.2) is 0 Å². The van der Waals surface area contributed by atoms with E-state index in [9.17, 15) is 0 Å². The Morgan fingerprint density at radius 3 is 1.89 bits per heavy atom. The van der Waals surface area contributed by atoms with E-state index in [1.165, 1.54) is 0 Å². The molecular weight excluding hydrogens is 114 g/mol. The highest BCUT2D eigenvalue weighted by atomic mass is 16.5. The molecule has 0 saturated heterocycles. The van der Waals surface area contributed by atoms with Crippen molar-refractivity contribution in [3.05, 3.63) is 0 Å². The maximum absolute atomic E-state index is 5.35. The number of ether oxygens (including phenoxy) is 1. The van der Waals surface area contributed by atoms with Crippen LogP contribution in [0.3, 0.4) is 0 Å². The summed E-state index contributed by atoms with van der Waals surface area (Å²) in [5, 5.41) is 0. The fraction of sp³-hybridized carbons (Fsp3) is 0.857. The minimum Gasteiger partial charge on any atom is -0.446 e. The van der Waals surface area contributed by atoms with Gasteiger partial charge in [0, 0.05) is 0 Å². The summed E-state index contributed by atoms with van der Waals surface area (Å²) in [5.74, 6) is 0.963. The van der Waals surface area contributed by atoms with Crippen molar-refractivity contribution >= 4 is 5.90 Å². The predicted octanol–water partition coefficient (Wildman–Crippen LogP) is 1.10. The van der Waals surface area contributed by atoms with Crippen LogP contribution in [0.25, 0.3) is 0 Å². The summed E-state index contributed by atoms with van der Waals surface area (Å²) in [7, 11) is 3.94. The van der Waals surface area contributed by atoms with Gasteiger partial charge in [-0.05, 0) is 13.8 Å². The van der Waals surface area contributed by atoms with Crippen LogP contribution >= 0.6 is 0 Å². The van der Waals surface area contributed by atoms with Crippen molar-refractivity contribution in [2.45, 2.75) is 26.9 Å². The standard InChI is InChI=1S/C7H16NO/c1-6(2)9-7(3)8(4)5/h6H,1-5H3/q+1. The minimum absolute atomic E-state index is 0.285. The molecule has 0 saturated carbocycles. The van der Waals surface area contributed by atoms with E-state index < -0.39 is 0 Å². The van der Waals surface area contributed by atoms with Gasteiger partial charge in [-0.15, -0.1) is 0 Å². The molecule has 2 heteroatoms. The average Bonchev–Trinajstić information content (AvgIpc) is 1.63. The minimum atomic E-state index is 0.285. The molecule has 0 aliphatic heterocycles. The SMILES string of the molecule is CC(OC(C)C)=[N+](C)C. The summed E-state index contributed by atoms with van der Waals surface area (Å²) in [4.78, 5) is 0. The van der Waals surface area contributed by atoms with Gasteiger partial charge in [-0.3, -0.25) is 0 Å². The molecule has 2 nitrogen and oxygen atoms in total. The summed E-state index contributed by atoms with van der Waals surface area (Å²) < 4.78 is 7.31. The highest BCUT2D eigenvalue weighted by Gasteiger charge is 2.01. The highest BCUT2D eigenvalue weighted by molar-refractivity contribution is 5.67. The van der Waals surface area contributed by atoms with E-state index in [2.05, 4.69) is 0 Å². The van der Waals surface area contributed by atoms with E-state index in [0.717, 1.165) is 5.90 Å². The number of nitrogens with zero attached hydrogens (tertiary/aromatic N) is 1. The van der Waals surface area contributed by atoms with Gasteiger partial charge in [-0.25, -0.2) is 4.58 Å². The lowest BCUT2D eigenvalue weighted by atomic mass is 10.5. The number of hydrogen-bond acceptors (Lipinski definition) is 1. The first-order valence-corrected chi connectivity index (χ1v) is 3.21. The van der Waals surface area contributed by atoms with Crippen molar-refractivity contribution < 1.29 is 9.31 Å². The van der Waals surface area contributed by atoms with Crippen molar-refractivity contribution in [1.29, 1.82) is 0 Å². The van der Waals surface area contributed by atoms with Gasteiger partial charge < -0.3 is 4.74 Å². The van der Waals surface area contributed by atoms with Gasteiger partial charge in [0.25, 0.3) is 0 Å². The third-order valence-corrected chi connectivity index (χ3v) is 1.04. The van der Waals surface area contributed by atoms with Gasteiger partial charge in [0.2, 0.25) is 0 Å². The Hall–Kier alpha value is -0.530. The maximum Gasteiger partial charge on any atom is 0.332 e. The summed E-state index contributed by atoms with van der Waals surface area (Å²) in [5.41, 5.74) is 0. The Balaban J connectivity index is 3.77. The van der Waals surface area contributed by atoms with Gasteiger partial charge in [-0.1, -0.05) is 0 Å². The van der Waals surface area contributed by atoms with Gasteiger partial charge in [0.1, 0.15) is 14.1 Å². The molecule has 0 bridgehead atoms. The van der Waals surface area contributed by atoms with Crippen LogP contribution in [0.5, 0.6) is 0 Å². The van der Waals surface area contributed by atoms with Crippen LogP contribution in [0.2, 0.25) is 0 Å². The van der Waals surface area contributed by atoms with E-state index >= 15 is 0 Å². The van der Waals surface area contributed by atoms with E-state index in [0.29, 0.717) is 0 Å². The second kappa shape index (κ2) is 3.49. The van der Waals surface area contributed by atoms with Crippen LogP contribution in [0.1, 0.15) is 20.8 Å². The average molecular weight is 130 g/mol. The van der Waals surface area contributed by atoms with E-state index in [1.54, 1.807) is 0 Å². The second-order valence-electron chi connectivity index (χ2n) is 2.58. The van der Waals surface area contributed by atoms with Crippen LogP contribution in [0, 0.1) is 0 Å². The summed E-state index contributed by atoms with van der Waals surface area (Å²) in [6.07, 6.45) is 0.285.